The zero-order valence-electron chi connectivity index (χ0n) is 22.4. The molecule has 1 aromatic heterocycles. The Morgan fingerprint density at radius 3 is 2.59 bits per heavy atom. The van der Waals surface area contributed by atoms with Crippen LogP contribution in [0.15, 0.2) is 79.1 Å². The molecule has 3 aromatic rings. The first-order valence-corrected chi connectivity index (χ1v) is 13.2. The van der Waals surface area contributed by atoms with Crippen LogP contribution >= 0.6 is 11.6 Å². The summed E-state index contributed by atoms with van der Waals surface area (Å²) >= 11 is 6.34. The van der Waals surface area contributed by atoms with E-state index in [2.05, 4.69) is 11.6 Å². The Kier molecular flexibility index (Phi) is 10.0. The van der Waals surface area contributed by atoms with Crippen molar-refractivity contribution in [2.75, 3.05) is 13.7 Å². The SMILES string of the molecule is C=C/C=C\C=C(/C)OC(C)C(=O)N1CCCc2c([nH]c3ccc(Cl)cc23)C1c1ccc(OC)cc1.CC. The van der Waals surface area contributed by atoms with Gasteiger partial charge in [-0.3, -0.25) is 4.79 Å². The predicted octanol–water partition coefficient (Wildman–Crippen LogP) is 7.77. The average molecular weight is 521 g/mol. The van der Waals surface area contributed by atoms with E-state index in [1.807, 2.05) is 86.4 Å². The third-order valence-electron chi connectivity index (χ3n) is 6.32. The van der Waals surface area contributed by atoms with Crippen LogP contribution in [-0.2, 0) is 16.0 Å². The molecule has 0 fully saturated rings. The Bertz CT molecular complexity index is 1270. The highest BCUT2D eigenvalue weighted by Gasteiger charge is 2.35. The summed E-state index contributed by atoms with van der Waals surface area (Å²) in [6.45, 7) is 11.9. The second kappa shape index (κ2) is 13.2. The molecule has 0 radical (unpaired) electrons. The quantitative estimate of drug-likeness (QED) is 0.255. The highest BCUT2D eigenvalue weighted by molar-refractivity contribution is 6.31. The summed E-state index contributed by atoms with van der Waals surface area (Å²) < 4.78 is 11.3. The van der Waals surface area contributed by atoms with Gasteiger partial charge in [0.15, 0.2) is 6.10 Å². The van der Waals surface area contributed by atoms with Gasteiger partial charge in [-0.05, 0) is 74.2 Å². The van der Waals surface area contributed by atoms with Crippen LogP contribution in [0.2, 0.25) is 5.02 Å². The molecule has 0 spiro atoms. The van der Waals surface area contributed by atoms with Gasteiger partial charge in [-0.2, -0.15) is 0 Å². The molecule has 0 saturated heterocycles. The number of nitrogens with one attached hydrogen (secondary N) is 1. The molecule has 37 heavy (non-hydrogen) atoms. The second-order valence-electron chi connectivity index (χ2n) is 8.68. The van der Waals surface area contributed by atoms with Gasteiger partial charge in [0.2, 0.25) is 0 Å². The van der Waals surface area contributed by atoms with E-state index in [1.165, 1.54) is 5.56 Å². The van der Waals surface area contributed by atoms with Crippen LogP contribution in [0, 0.1) is 0 Å². The number of benzene rings is 2. The van der Waals surface area contributed by atoms with Crippen LogP contribution < -0.4 is 4.74 Å². The topological polar surface area (TPSA) is 54.6 Å². The van der Waals surface area contributed by atoms with E-state index in [4.69, 9.17) is 21.1 Å². The number of H-pyrrole nitrogens is 1. The monoisotopic (exact) mass is 520 g/mol. The van der Waals surface area contributed by atoms with E-state index in [0.29, 0.717) is 17.3 Å². The van der Waals surface area contributed by atoms with E-state index in [0.717, 1.165) is 40.8 Å². The number of amides is 1. The number of rotatable bonds is 7. The van der Waals surface area contributed by atoms with Gasteiger partial charge in [-0.15, -0.1) is 0 Å². The molecule has 1 N–H and O–H groups in total. The van der Waals surface area contributed by atoms with Crippen LogP contribution in [0.1, 0.15) is 57.0 Å². The zero-order chi connectivity index (χ0) is 26.9. The number of fused-ring (bicyclic) bond motifs is 3. The molecule has 0 aliphatic carbocycles. The fraction of sp³-hybridized carbons (Fsp3) is 0.323. The van der Waals surface area contributed by atoms with Crippen molar-refractivity contribution in [2.45, 2.75) is 52.7 Å². The predicted molar refractivity (Wildman–Crippen MR) is 153 cm³/mol. The number of allylic oxidation sites excluding steroid dienone is 5. The van der Waals surface area contributed by atoms with Crippen molar-refractivity contribution in [3.05, 3.63) is 101 Å². The Balaban J connectivity index is 0.00000186. The lowest BCUT2D eigenvalue weighted by Gasteiger charge is -2.33. The first-order valence-electron chi connectivity index (χ1n) is 12.8. The van der Waals surface area contributed by atoms with Crippen molar-refractivity contribution >= 4 is 28.4 Å². The smallest absolute Gasteiger partial charge is 0.264 e. The Hall–Kier alpha value is -3.44. The van der Waals surface area contributed by atoms with Crippen molar-refractivity contribution in [2.24, 2.45) is 0 Å². The Morgan fingerprint density at radius 1 is 1.19 bits per heavy atom. The van der Waals surface area contributed by atoms with Gasteiger partial charge in [0.25, 0.3) is 5.91 Å². The van der Waals surface area contributed by atoms with Gasteiger partial charge >= 0.3 is 0 Å². The lowest BCUT2D eigenvalue weighted by Crippen LogP contribution is -2.42. The average Bonchev–Trinajstić information content (AvgIpc) is 3.14. The molecule has 5 nitrogen and oxygen atoms in total. The molecule has 6 heteroatoms. The number of carbonyl (C=O) groups is 1. The number of aryl methyl sites for hydroxylation is 1. The summed E-state index contributed by atoms with van der Waals surface area (Å²) in [4.78, 5) is 19.3. The second-order valence-corrected chi connectivity index (χ2v) is 9.11. The number of aromatic nitrogens is 1. The number of ether oxygens (including phenoxy) is 2. The third-order valence-corrected chi connectivity index (χ3v) is 6.55. The number of nitrogens with zero attached hydrogens (tertiary/aromatic N) is 1. The van der Waals surface area contributed by atoms with Crippen LogP contribution in [-0.4, -0.2) is 35.5 Å². The Morgan fingerprint density at radius 2 is 1.92 bits per heavy atom. The lowest BCUT2D eigenvalue weighted by molar-refractivity contribution is -0.142. The molecule has 196 valence electrons. The third kappa shape index (κ3) is 6.47. The standard InChI is InChI=1S/C29H31ClN2O3.C2H6/c1-5-6-7-9-19(2)35-20(3)29(33)32-17-8-10-24-25-18-22(30)13-16-26(25)31-27(24)28(32)21-11-14-23(34-4)15-12-21;1-2/h5-7,9,11-16,18,20,28,31H,1,8,10,17H2,2-4H3;1-2H3/b7-6-,19-9+;. The van der Waals surface area contributed by atoms with Gasteiger partial charge in [-0.25, -0.2) is 0 Å². The highest BCUT2D eigenvalue weighted by Crippen LogP contribution is 2.39. The maximum atomic E-state index is 13.8. The van der Waals surface area contributed by atoms with E-state index >= 15 is 0 Å². The van der Waals surface area contributed by atoms with E-state index in [9.17, 15) is 4.79 Å². The largest absolute Gasteiger partial charge is 0.497 e. The van der Waals surface area contributed by atoms with E-state index in [-0.39, 0.29) is 11.9 Å². The number of hydrogen-bond acceptors (Lipinski definition) is 3. The molecule has 2 atom stereocenters. The molecule has 0 saturated carbocycles. The van der Waals surface area contributed by atoms with Crippen molar-refractivity contribution in [1.29, 1.82) is 0 Å². The number of halogens is 1. The molecule has 1 aliphatic rings. The minimum atomic E-state index is -0.635. The Labute approximate surface area is 225 Å². The molecule has 2 unspecified atom stereocenters. The summed E-state index contributed by atoms with van der Waals surface area (Å²) in [5.74, 6) is 1.38. The number of aromatic amines is 1. The number of methoxy groups -OCH3 is 1. The first kappa shape index (κ1) is 28.1. The van der Waals surface area contributed by atoms with Crippen molar-refractivity contribution < 1.29 is 14.3 Å². The number of carbonyl (C=O) groups excluding carboxylic acids is 1. The maximum absolute atomic E-state index is 13.8. The van der Waals surface area contributed by atoms with Gasteiger partial charge in [0.05, 0.1) is 18.9 Å². The highest BCUT2D eigenvalue weighted by atomic mass is 35.5. The molecule has 2 heterocycles. The summed E-state index contributed by atoms with van der Waals surface area (Å²) in [6, 6.07) is 13.5. The van der Waals surface area contributed by atoms with Crippen LogP contribution in [0.5, 0.6) is 5.75 Å². The van der Waals surface area contributed by atoms with Crippen LogP contribution in [0.3, 0.4) is 0 Å². The van der Waals surface area contributed by atoms with Gasteiger partial charge in [0, 0.05) is 28.2 Å². The van der Waals surface area contributed by atoms with Crippen LogP contribution in [0.25, 0.3) is 10.9 Å². The molecule has 4 rings (SSSR count). The normalized spacial score (nSPS) is 16.4. The zero-order valence-corrected chi connectivity index (χ0v) is 23.1. The van der Waals surface area contributed by atoms with Gasteiger partial charge in [0.1, 0.15) is 5.75 Å². The van der Waals surface area contributed by atoms with Crippen molar-refractivity contribution in [3.63, 3.8) is 0 Å². The summed E-state index contributed by atoms with van der Waals surface area (Å²) in [6.07, 6.45) is 8.24. The van der Waals surface area contributed by atoms with Gasteiger partial charge < -0.3 is 19.4 Å². The lowest BCUT2D eigenvalue weighted by atomic mass is 9.97. The van der Waals surface area contributed by atoms with Gasteiger partial charge in [-0.1, -0.05) is 62.4 Å². The van der Waals surface area contributed by atoms with Crippen LogP contribution in [0.4, 0.5) is 0 Å². The van der Waals surface area contributed by atoms with Crippen molar-refractivity contribution in [3.8, 4) is 5.75 Å². The fourth-order valence-corrected chi connectivity index (χ4v) is 4.87. The molecule has 1 amide bonds. The minimum Gasteiger partial charge on any atom is -0.497 e. The summed E-state index contributed by atoms with van der Waals surface area (Å²) in [5, 5.41) is 1.81. The molecule has 2 aromatic carbocycles. The van der Waals surface area contributed by atoms with E-state index < -0.39 is 6.10 Å². The molecule has 1 aliphatic heterocycles. The number of hydrogen-bond donors (Lipinski definition) is 1. The molecule has 0 bridgehead atoms. The summed E-state index contributed by atoms with van der Waals surface area (Å²) in [7, 11) is 1.65. The maximum Gasteiger partial charge on any atom is 0.264 e. The van der Waals surface area contributed by atoms with E-state index in [1.54, 1.807) is 20.1 Å². The minimum absolute atomic E-state index is 0.0594. The molecular formula is C31H37ClN2O3. The first-order chi connectivity index (χ1) is 17.9. The molecular weight excluding hydrogens is 484 g/mol. The summed E-state index contributed by atoms with van der Waals surface area (Å²) in [5.41, 5.74) is 4.25. The fourth-order valence-electron chi connectivity index (χ4n) is 4.70. The van der Waals surface area contributed by atoms with Crippen molar-refractivity contribution in [1.82, 2.24) is 9.88 Å².